The maximum Gasteiger partial charge on any atom is 0.274 e. The third-order valence-corrected chi connectivity index (χ3v) is 4.19. The fraction of sp³-hybridized carbons (Fsp3) is 0.312. The summed E-state index contributed by atoms with van der Waals surface area (Å²) in [4.78, 5) is 16.2. The molecule has 0 radical (unpaired) electrons. The molecule has 0 unspecified atom stereocenters. The van der Waals surface area contributed by atoms with Gasteiger partial charge in [0, 0.05) is 37.9 Å². The van der Waals surface area contributed by atoms with E-state index in [9.17, 15) is 9.18 Å². The summed E-state index contributed by atoms with van der Waals surface area (Å²) in [5.41, 5.74) is 1.13. The molecule has 2 aromatic rings. The molecule has 0 spiro atoms. The fourth-order valence-corrected chi connectivity index (χ4v) is 2.73. The van der Waals surface area contributed by atoms with Gasteiger partial charge in [0.1, 0.15) is 5.82 Å². The van der Waals surface area contributed by atoms with Crippen molar-refractivity contribution in [2.45, 2.75) is 0 Å². The first-order valence-corrected chi connectivity index (χ1v) is 7.83. The van der Waals surface area contributed by atoms with E-state index in [2.05, 4.69) is 15.1 Å². The van der Waals surface area contributed by atoms with Crippen molar-refractivity contribution in [3.63, 3.8) is 0 Å². The number of rotatable bonds is 3. The van der Waals surface area contributed by atoms with E-state index in [1.165, 1.54) is 13.2 Å². The summed E-state index contributed by atoms with van der Waals surface area (Å²) in [6.45, 7) is 2.36. The van der Waals surface area contributed by atoms with Crippen molar-refractivity contribution >= 4 is 23.2 Å². The van der Waals surface area contributed by atoms with Crippen molar-refractivity contribution in [2.75, 3.05) is 38.2 Å². The zero-order chi connectivity index (χ0) is 17.1. The molecule has 1 aromatic heterocycles. The Kier molecular flexibility index (Phi) is 4.80. The first kappa shape index (κ1) is 16.4. The lowest BCUT2D eigenvalue weighted by Gasteiger charge is -2.36. The van der Waals surface area contributed by atoms with E-state index < -0.39 is 5.82 Å². The molecule has 1 aliphatic rings. The zero-order valence-electron chi connectivity index (χ0n) is 13.1. The van der Waals surface area contributed by atoms with Crippen LogP contribution in [0.3, 0.4) is 0 Å². The molecule has 3 rings (SSSR count). The Morgan fingerprint density at radius 2 is 1.92 bits per heavy atom. The molecule has 2 heterocycles. The smallest absolute Gasteiger partial charge is 0.274 e. The highest BCUT2D eigenvalue weighted by atomic mass is 35.5. The second-order valence-electron chi connectivity index (χ2n) is 5.34. The highest BCUT2D eigenvalue weighted by molar-refractivity contribution is 6.31. The highest BCUT2D eigenvalue weighted by Crippen LogP contribution is 2.23. The van der Waals surface area contributed by atoms with Crippen LogP contribution in [0.1, 0.15) is 10.5 Å². The van der Waals surface area contributed by atoms with Gasteiger partial charge in [0.05, 0.1) is 12.1 Å². The third kappa shape index (κ3) is 3.41. The van der Waals surface area contributed by atoms with Gasteiger partial charge in [0.15, 0.2) is 5.69 Å². The fourth-order valence-electron chi connectivity index (χ4n) is 2.55. The number of anilines is 1. The molecule has 6 nitrogen and oxygen atoms in total. The minimum Gasteiger partial charge on any atom is -0.480 e. The molecule has 1 aromatic carbocycles. The minimum atomic E-state index is -0.438. The molecule has 1 saturated heterocycles. The van der Waals surface area contributed by atoms with Crippen LogP contribution in [0.15, 0.2) is 30.3 Å². The quantitative estimate of drug-likeness (QED) is 0.849. The Morgan fingerprint density at radius 3 is 2.50 bits per heavy atom. The van der Waals surface area contributed by atoms with Crippen LogP contribution in [0.5, 0.6) is 5.88 Å². The van der Waals surface area contributed by atoms with Gasteiger partial charge in [-0.15, -0.1) is 10.2 Å². The zero-order valence-corrected chi connectivity index (χ0v) is 13.8. The van der Waals surface area contributed by atoms with Gasteiger partial charge in [-0.1, -0.05) is 11.6 Å². The lowest BCUT2D eigenvalue weighted by atomic mass is 10.2. The molecule has 0 aliphatic carbocycles. The number of piperazine rings is 1. The highest BCUT2D eigenvalue weighted by Gasteiger charge is 2.23. The Hall–Kier alpha value is -2.41. The van der Waals surface area contributed by atoms with Gasteiger partial charge in [-0.3, -0.25) is 4.79 Å². The van der Waals surface area contributed by atoms with Crippen LogP contribution in [0, 0.1) is 5.82 Å². The Bertz CT molecular complexity index is 733. The summed E-state index contributed by atoms with van der Waals surface area (Å²) in [5.74, 6) is -0.237. The van der Waals surface area contributed by atoms with Crippen LogP contribution in [-0.4, -0.2) is 54.3 Å². The lowest BCUT2D eigenvalue weighted by molar-refractivity contribution is 0.0739. The number of hydrogen-bond acceptors (Lipinski definition) is 5. The number of halogens is 2. The Morgan fingerprint density at radius 1 is 1.17 bits per heavy atom. The molecule has 8 heteroatoms. The van der Waals surface area contributed by atoms with E-state index in [1.54, 1.807) is 29.2 Å². The number of ether oxygens (including phenoxy) is 1. The normalized spacial score (nSPS) is 14.6. The number of carbonyl (C=O) groups is 1. The van der Waals surface area contributed by atoms with Crippen molar-refractivity contribution in [3.05, 3.63) is 46.9 Å². The molecule has 1 aliphatic heterocycles. The predicted octanol–water partition coefficient (Wildman–Crippen LogP) is 2.24. The molecule has 0 bridgehead atoms. The molecular weight excluding hydrogens is 335 g/mol. The van der Waals surface area contributed by atoms with E-state index in [-0.39, 0.29) is 16.6 Å². The minimum absolute atomic E-state index is 0.0968. The molecule has 126 valence electrons. The first-order valence-electron chi connectivity index (χ1n) is 7.45. The summed E-state index contributed by atoms with van der Waals surface area (Å²) < 4.78 is 18.2. The SMILES string of the molecule is COc1ccc(C(=O)N2CCN(c3ccc(F)c(Cl)c3)CC2)nn1. The van der Waals surface area contributed by atoms with Crippen molar-refractivity contribution in [1.29, 1.82) is 0 Å². The number of nitrogens with zero attached hydrogens (tertiary/aromatic N) is 4. The average Bonchev–Trinajstić information content (AvgIpc) is 2.63. The number of carbonyl (C=O) groups excluding carboxylic acids is 1. The summed E-state index contributed by atoms with van der Waals surface area (Å²) in [6.07, 6.45) is 0. The topological polar surface area (TPSA) is 58.6 Å². The van der Waals surface area contributed by atoms with Gasteiger partial charge in [-0.25, -0.2) is 4.39 Å². The largest absolute Gasteiger partial charge is 0.480 e. The van der Waals surface area contributed by atoms with Crippen molar-refractivity contribution in [1.82, 2.24) is 15.1 Å². The standard InChI is InChI=1S/C16H16ClFN4O2/c1-24-15-5-4-14(19-20-15)16(23)22-8-6-21(7-9-22)11-2-3-13(18)12(17)10-11/h2-5,10H,6-9H2,1H3. The molecular formula is C16H16ClFN4O2. The van der Waals surface area contributed by atoms with E-state index in [0.717, 1.165) is 5.69 Å². The predicted molar refractivity (Wildman–Crippen MR) is 88.1 cm³/mol. The van der Waals surface area contributed by atoms with Gasteiger partial charge in [0.2, 0.25) is 5.88 Å². The molecule has 0 N–H and O–H groups in total. The number of methoxy groups -OCH3 is 1. The van der Waals surface area contributed by atoms with Crippen molar-refractivity contribution < 1.29 is 13.9 Å². The van der Waals surface area contributed by atoms with Gasteiger partial charge < -0.3 is 14.5 Å². The number of amides is 1. The van der Waals surface area contributed by atoms with Gasteiger partial charge >= 0.3 is 0 Å². The molecule has 24 heavy (non-hydrogen) atoms. The Labute approximate surface area is 143 Å². The van der Waals surface area contributed by atoms with E-state index in [4.69, 9.17) is 16.3 Å². The van der Waals surface area contributed by atoms with Gasteiger partial charge in [-0.2, -0.15) is 0 Å². The van der Waals surface area contributed by atoms with Gasteiger partial charge in [-0.05, 0) is 24.3 Å². The van der Waals surface area contributed by atoms with Crippen LogP contribution in [0.4, 0.5) is 10.1 Å². The number of benzene rings is 1. The molecule has 0 atom stereocenters. The van der Waals surface area contributed by atoms with Crippen LogP contribution < -0.4 is 9.64 Å². The summed E-state index contributed by atoms with van der Waals surface area (Å²) in [5, 5.41) is 7.79. The molecule has 1 fully saturated rings. The second-order valence-corrected chi connectivity index (χ2v) is 5.75. The van der Waals surface area contributed by atoms with Gasteiger partial charge in [0.25, 0.3) is 5.91 Å². The third-order valence-electron chi connectivity index (χ3n) is 3.90. The first-order chi connectivity index (χ1) is 11.6. The summed E-state index contributed by atoms with van der Waals surface area (Å²) in [7, 11) is 1.49. The van der Waals surface area contributed by atoms with E-state index >= 15 is 0 Å². The second kappa shape index (κ2) is 7.00. The maximum atomic E-state index is 13.3. The molecule has 1 amide bonds. The number of aromatic nitrogens is 2. The Balaban J connectivity index is 1.63. The summed E-state index contributed by atoms with van der Waals surface area (Å²) in [6, 6.07) is 7.84. The van der Waals surface area contributed by atoms with Crippen LogP contribution in [0.2, 0.25) is 5.02 Å². The average molecular weight is 351 g/mol. The van der Waals surface area contributed by atoms with Crippen LogP contribution in [0.25, 0.3) is 0 Å². The lowest BCUT2D eigenvalue weighted by Crippen LogP contribution is -2.49. The maximum absolute atomic E-state index is 13.3. The molecule has 0 saturated carbocycles. The van der Waals surface area contributed by atoms with Crippen LogP contribution in [-0.2, 0) is 0 Å². The summed E-state index contributed by atoms with van der Waals surface area (Å²) >= 11 is 5.83. The van der Waals surface area contributed by atoms with E-state index in [0.29, 0.717) is 32.1 Å². The van der Waals surface area contributed by atoms with Crippen molar-refractivity contribution in [3.8, 4) is 5.88 Å². The van der Waals surface area contributed by atoms with Crippen LogP contribution >= 0.6 is 11.6 Å². The van der Waals surface area contributed by atoms with Crippen molar-refractivity contribution in [2.24, 2.45) is 0 Å². The van der Waals surface area contributed by atoms with E-state index in [1.807, 2.05) is 0 Å². The monoisotopic (exact) mass is 350 g/mol. The number of hydrogen-bond donors (Lipinski definition) is 0.